The molecule has 0 saturated heterocycles. The standard InChI is InChI=1S/C21H36O2/c1-18-11-6-5-7-14(18)8-9-15-16-10-12-21(4,23)19(16,2)13-20(3,22)17(15)18/h14-17,22-23H,5-13H2,1-4H3/t14-,15+,16+,17+,18+,19+,20+,21-/m1/s1. The molecule has 2 nitrogen and oxygen atoms in total. The first kappa shape index (κ1) is 16.4. The molecule has 132 valence electrons. The lowest BCUT2D eigenvalue weighted by Gasteiger charge is -2.65. The van der Waals surface area contributed by atoms with Crippen molar-refractivity contribution < 1.29 is 10.2 Å². The Bertz CT molecular complexity index is 496. The summed E-state index contributed by atoms with van der Waals surface area (Å²) >= 11 is 0. The van der Waals surface area contributed by atoms with Crippen LogP contribution < -0.4 is 0 Å². The maximum atomic E-state index is 11.6. The summed E-state index contributed by atoms with van der Waals surface area (Å²) in [5.74, 6) is 2.45. The van der Waals surface area contributed by atoms with Crippen LogP contribution in [0.2, 0.25) is 0 Å². The Morgan fingerprint density at radius 2 is 1.57 bits per heavy atom. The summed E-state index contributed by atoms with van der Waals surface area (Å²) in [6.45, 7) is 8.89. The molecule has 0 unspecified atom stereocenters. The van der Waals surface area contributed by atoms with E-state index in [4.69, 9.17) is 0 Å². The quantitative estimate of drug-likeness (QED) is 0.688. The molecule has 0 amide bonds. The molecule has 0 radical (unpaired) electrons. The maximum Gasteiger partial charge on any atom is 0.0677 e. The highest BCUT2D eigenvalue weighted by Crippen LogP contribution is 2.70. The van der Waals surface area contributed by atoms with Crippen LogP contribution in [-0.4, -0.2) is 21.4 Å². The SMILES string of the molecule is C[C@]12CCCC[C@@H]1CC[C@@H]1[C@@H]2[C@@](C)(O)C[C@@]2(C)[C@H]1CC[C@@]2(C)O. The minimum Gasteiger partial charge on any atom is -0.390 e. The zero-order valence-electron chi connectivity index (χ0n) is 15.6. The van der Waals surface area contributed by atoms with Crippen LogP contribution in [-0.2, 0) is 0 Å². The van der Waals surface area contributed by atoms with Gasteiger partial charge in [-0.15, -0.1) is 0 Å². The topological polar surface area (TPSA) is 40.5 Å². The second kappa shape index (κ2) is 4.75. The summed E-state index contributed by atoms with van der Waals surface area (Å²) < 4.78 is 0. The highest BCUT2D eigenvalue weighted by atomic mass is 16.3. The Balaban J connectivity index is 1.77. The molecule has 0 bridgehead atoms. The van der Waals surface area contributed by atoms with Gasteiger partial charge in [-0.2, -0.15) is 0 Å². The zero-order valence-corrected chi connectivity index (χ0v) is 15.6. The number of aliphatic hydroxyl groups is 2. The van der Waals surface area contributed by atoms with Gasteiger partial charge in [0.2, 0.25) is 0 Å². The summed E-state index contributed by atoms with van der Waals surface area (Å²) in [5, 5.41) is 22.7. The molecule has 4 aliphatic rings. The van der Waals surface area contributed by atoms with E-state index >= 15 is 0 Å². The summed E-state index contributed by atoms with van der Waals surface area (Å²) in [4.78, 5) is 0. The third-order valence-corrected chi connectivity index (χ3v) is 9.34. The fourth-order valence-electron chi connectivity index (χ4n) is 8.27. The molecule has 0 heterocycles. The third-order valence-electron chi connectivity index (χ3n) is 9.34. The average Bonchev–Trinajstić information content (AvgIpc) is 2.66. The molecule has 0 aromatic carbocycles. The minimum atomic E-state index is -0.630. The van der Waals surface area contributed by atoms with Crippen molar-refractivity contribution in [3.8, 4) is 0 Å². The lowest BCUT2D eigenvalue weighted by atomic mass is 9.41. The Labute approximate surface area is 142 Å². The van der Waals surface area contributed by atoms with E-state index in [0.29, 0.717) is 23.2 Å². The van der Waals surface area contributed by atoms with Gasteiger partial charge in [0.25, 0.3) is 0 Å². The first-order valence-corrected chi connectivity index (χ1v) is 10.1. The predicted octanol–water partition coefficient (Wildman–Crippen LogP) is 4.53. The smallest absolute Gasteiger partial charge is 0.0677 e. The Morgan fingerprint density at radius 1 is 0.826 bits per heavy atom. The Kier molecular flexibility index (Phi) is 3.39. The van der Waals surface area contributed by atoms with E-state index in [1.807, 2.05) is 6.92 Å². The van der Waals surface area contributed by atoms with Gasteiger partial charge in [0.05, 0.1) is 11.2 Å². The lowest BCUT2D eigenvalue weighted by molar-refractivity contribution is -0.231. The van der Waals surface area contributed by atoms with Crippen LogP contribution >= 0.6 is 0 Å². The molecular formula is C21H36O2. The molecule has 0 spiro atoms. The van der Waals surface area contributed by atoms with Gasteiger partial charge in [-0.25, -0.2) is 0 Å². The fourth-order valence-corrected chi connectivity index (χ4v) is 8.27. The molecular weight excluding hydrogens is 284 g/mol. The van der Waals surface area contributed by atoms with E-state index in [1.165, 1.54) is 38.5 Å². The lowest BCUT2D eigenvalue weighted by Crippen LogP contribution is -2.64. The monoisotopic (exact) mass is 320 g/mol. The first-order valence-electron chi connectivity index (χ1n) is 10.1. The number of hydrogen-bond donors (Lipinski definition) is 2. The fraction of sp³-hybridized carbons (Fsp3) is 1.00. The van der Waals surface area contributed by atoms with Crippen LogP contribution in [0.25, 0.3) is 0 Å². The van der Waals surface area contributed by atoms with E-state index in [-0.39, 0.29) is 5.41 Å². The number of rotatable bonds is 0. The van der Waals surface area contributed by atoms with Gasteiger partial charge in [-0.05, 0) is 87.9 Å². The number of fused-ring (bicyclic) bond motifs is 5. The van der Waals surface area contributed by atoms with Crippen molar-refractivity contribution in [3.63, 3.8) is 0 Å². The molecule has 0 aromatic heterocycles. The normalized spacial score (nSPS) is 62.3. The summed E-state index contributed by atoms with van der Waals surface area (Å²) in [5.41, 5.74) is -1.04. The minimum absolute atomic E-state index is 0.116. The van der Waals surface area contributed by atoms with Crippen molar-refractivity contribution in [2.45, 2.75) is 96.7 Å². The van der Waals surface area contributed by atoms with Crippen molar-refractivity contribution in [2.75, 3.05) is 0 Å². The molecule has 0 aromatic rings. The van der Waals surface area contributed by atoms with Gasteiger partial charge in [-0.3, -0.25) is 0 Å². The second-order valence-electron chi connectivity index (χ2n) is 10.5. The average molecular weight is 321 g/mol. The zero-order chi connectivity index (χ0) is 16.7. The van der Waals surface area contributed by atoms with Crippen molar-refractivity contribution >= 4 is 0 Å². The van der Waals surface area contributed by atoms with Crippen LogP contribution in [0.5, 0.6) is 0 Å². The second-order valence-corrected chi connectivity index (χ2v) is 10.5. The summed E-state index contributed by atoms with van der Waals surface area (Å²) in [6.07, 6.45) is 10.9. The van der Waals surface area contributed by atoms with Crippen LogP contribution in [0.4, 0.5) is 0 Å². The molecule has 23 heavy (non-hydrogen) atoms. The van der Waals surface area contributed by atoms with Crippen LogP contribution in [0.1, 0.15) is 85.5 Å². The molecule has 4 fully saturated rings. The molecule has 8 atom stereocenters. The van der Waals surface area contributed by atoms with Gasteiger partial charge < -0.3 is 10.2 Å². The maximum absolute atomic E-state index is 11.6. The van der Waals surface area contributed by atoms with Crippen molar-refractivity contribution in [1.82, 2.24) is 0 Å². The molecule has 2 N–H and O–H groups in total. The van der Waals surface area contributed by atoms with E-state index < -0.39 is 11.2 Å². The number of hydrogen-bond acceptors (Lipinski definition) is 2. The van der Waals surface area contributed by atoms with E-state index in [9.17, 15) is 10.2 Å². The summed E-state index contributed by atoms with van der Waals surface area (Å²) in [7, 11) is 0. The van der Waals surface area contributed by atoms with Crippen LogP contribution in [0.3, 0.4) is 0 Å². The Hall–Kier alpha value is -0.0800. The van der Waals surface area contributed by atoms with Crippen LogP contribution in [0, 0.1) is 34.5 Å². The third kappa shape index (κ3) is 2.00. The molecule has 4 rings (SSSR count). The summed E-state index contributed by atoms with van der Waals surface area (Å²) in [6, 6.07) is 0. The molecule has 0 aliphatic heterocycles. The Morgan fingerprint density at radius 3 is 2.30 bits per heavy atom. The van der Waals surface area contributed by atoms with Crippen LogP contribution in [0.15, 0.2) is 0 Å². The predicted molar refractivity (Wildman–Crippen MR) is 93.0 cm³/mol. The van der Waals surface area contributed by atoms with E-state index in [2.05, 4.69) is 20.8 Å². The van der Waals surface area contributed by atoms with Gasteiger partial charge in [0.1, 0.15) is 0 Å². The van der Waals surface area contributed by atoms with Gasteiger partial charge in [0, 0.05) is 5.41 Å². The van der Waals surface area contributed by atoms with E-state index in [1.54, 1.807) is 0 Å². The highest BCUT2D eigenvalue weighted by molar-refractivity contribution is 5.17. The molecule has 4 saturated carbocycles. The van der Waals surface area contributed by atoms with Gasteiger partial charge >= 0.3 is 0 Å². The van der Waals surface area contributed by atoms with Crippen molar-refractivity contribution in [1.29, 1.82) is 0 Å². The highest BCUT2D eigenvalue weighted by Gasteiger charge is 2.68. The van der Waals surface area contributed by atoms with Gasteiger partial charge in [0.15, 0.2) is 0 Å². The largest absolute Gasteiger partial charge is 0.390 e. The van der Waals surface area contributed by atoms with Gasteiger partial charge in [-0.1, -0.05) is 26.7 Å². The van der Waals surface area contributed by atoms with Crippen molar-refractivity contribution in [2.24, 2.45) is 34.5 Å². The van der Waals surface area contributed by atoms with E-state index in [0.717, 1.165) is 25.2 Å². The first-order chi connectivity index (χ1) is 10.6. The van der Waals surface area contributed by atoms with Crippen molar-refractivity contribution in [3.05, 3.63) is 0 Å². The molecule has 2 heteroatoms. The molecule has 4 aliphatic carbocycles.